The Morgan fingerprint density at radius 1 is 0.913 bits per heavy atom. The normalized spacial score (nSPS) is 38.8. The van der Waals surface area contributed by atoms with E-state index in [0.29, 0.717) is 63.4 Å². The standard InChI is InChI=1S/C52H79N5O12/c1-31-14-10-9-11-15-32(2)45(67-8)26-40-19-17-37(7)52(66,69-40)49(63)50(64)56-21-13-12-16-43(56)51(65)68-46(34(4)24-38-18-20-42(39(25-38)28-58)57-30-53-54-55-57)27-44(60)33(3)23-36(6)48(62)41(29-59)47(61)35(5)22-31/h9-11,14-15,23,30-31,33-35,37-43,45-46,48,58-59,62,66H,12-13,16-22,24-29H2,1-8H3/b11-9+,14-10+,32-15+,36-23+/t31-,33-,34-,35-,37-,38+,39+,40+,41+,42+,43+,45+,46+,48-,52-/m1/s1. The van der Waals surface area contributed by atoms with E-state index in [9.17, 15) is 44.4 Å². The second-order valence-electron chi connectivity index (χ2n) is 20.7. The predicted molar refractivity (Wildman–Crippen MR) is 256 cm³/mol. The molecule has 0 aromatic carbocycles. The lowest BCUT2D eigenvalue weighted by atomic mass is 9.74. The van der Waals surface area contributed by atoms with Crippen molar-refractivity contribution >= 4 is 29.2 Å². The van der Waals surface area contributed by atoms with E-state index in [1.165, 1.54) is 4.90 Å². The third-order valence-electron chi connectivity index (χ3n) is 15.4. The number of Topliss-reactive ketones (excluding diaryl/α,β-unsaturated/α-hetero) is 3. The molecule has 4 N–H and O–H groups in total. The van der Waals surface area contributed by atoms with Crippen molar-refractivity contribution in [1.82, 2.24) is 25.1 Å². The van der Waals surface area contributed by atoms with Crippen molar-refractivity contribution in [2.24, 2.45) is 47.3 Å². The Balaban J connectivity index is 1.46. The molecule has 0 unspecified atom stereocenters. The Labute approximate surface area is 407 Å². The minimum Gasteiger partial charge on any atom is -0.460 e. The van der Waals surface area contributed by atoms with Crippen LogP contribution in [0.2, 0.25) is 0 Å². The molecule has 384 valence electrons. The summed E-state index contributed by atoms with van der Waals surface area (Å²) < 4.78 is 20.0. The third-order valence-corrected chi connectivity index (χ3v) is 15.4. The molecule has 2 saturated heterocycles. The van der Waals surface area contributed by atoms with Crippen LogP contribution in [0.15, 0.2) is 53.9 Å². The number of methoxy groups -OCH3 is 1. The molecule has 3 fully saturated rings. The molecule has 5 rings (SSSR count). The first-order valence-electron chi connectivity index (χ1n) is 25.2. The number of hydrogen-bond donors (Lipinski definition) is 4. The van der Waals surface area contributed by atoms with Gasteiger partial charge in [-0.2, -0.15) is 0 Å². The Morgan fingerprint density at radius 3 is 2.35 bits per heavy atom. The molecule has 17 nitrogen and oxygen atoms in total. The third kappa shape index (κ3) is 14.2. The lowest BCUT2D eigenvalue weighted by Crippen LogP contribution is -2.61. The van der Waals surface area contributed by atoms with Crippen molar-refractivity contribution in [2.75, 3.05) is 26.9 Å². The SMILES string of the molecule is CO[C@H]1C[C@@H]2CC[C@@H](C)[C@@](O)(O2)C(=O)C(=O)N2CCCC[C@H]2C(=O)O[C@H]([C@H](C)C[C@@H]2CC[C@H](n3cnnn3)[C@H](CO)C2)CC(=O)[C@H](C)/C=C(\C)[C@@H](O)[C@@H](CO)C(=O)[C@H](C)C[C@H](C)/C=C/C=C/C=C/1C. The number of rotatable bonds is 7. The number of fused-ring (bicyclic) bond motifs is 3. The predicted octanol–water partition coefficient (Wildman–Crippen LogP) is 5.23. The summed E-state index contributed by atoms with van der Waals surface area (Å²) in [6, 6.07) is -1.25. The summed E-state index contributed by atoms with van der Waals surface area (Å²) in [4.78, 5) is 72.2. The Kier molecular flexibility index (Phi) is 20.8. The molecule has 1 aromatic heterocycles. The summed E-state index contributed by atoms with van der Waals surface area (Å²) in [6.07, 6.45) is 14.7. The zero-order chi connectivity index (χ0) is 50.6. The number of hydrogen-bond acceptors (Lipinski definition) is 15. The number of nitrogens with zero attached hydrogens (tertiary/aromatic N) is 5. The van der Waals surface area contributed by atoms with Crippen LogP contribution in [0, 0.1) is 47.3 Å². The van der Waals surface area contributed by atoms with Gasteiger partial charge >= 0.3 is 5.97 Å². The fourth-order valence-corrected chi connectivity index (χ4v) is 11.0. The molecular formula is C52H79N5O12. The first-order chi connectivity index (χ1) is 32.8. The second kappa shape index (κ2) is 25.7. The van der Waals surface area contributed by atoms with E-state index in [4.69, 9.17) is 14.2 Å². The van der Waals surface area contributed by atoms with Crippen LogP contribution in [0.4, 0.5) is 0 Å². The molecule has 1 aliphatic carbocycles. The van der Waals surface area contributed by atoms with Crippen molar-refractivity contribution in [3.05, 3.63) is 53.9 Å². The Hall–Kier alpha value is -4.26. The zero-order valence-electron chi connectivity index (χ0n) is 42.0. The highest BCUT2D eigenvalue weighted by molar-refractivity contribution is 6.39. The fourth-order valence-electron chi connectivity index (χ4n) is 11.0. The van der Waals surface area contributed by atoms with Crippen molar-refractivity contribution in [2.45, 2.75) is 168 Å². The molecule has 69 heavy (non-hydrogen) atoms. The molecular weight excluding hydrogens is 887 g/mol. The highest BCUT2D eigenvalue weighted by Gasteiger charge is 2.53. The molecule has 4 heterocycles. The van der Waals surface area contributed by atoms with Gasteiger partial charge in [0.2, 0.25) is 5.79 Å². The van der Waals surface area contributed by atoms with Crippen LogP contribution in [0.3, 0.4) is 0 Å². The highest BCUT2D eigenvalue weighted by Crippen LogP contribution is 2.41. The van der Waals surface area contributed by atoms with Crippen LogP contribution < -0.4 is 0 Å². The number of piperidine rings is 1. The maximum atomic E-state index is 14.5. The topological polar surface area (TPSA) is 241 Å². The summed E-state index contributed by atoms with van der Waals surface area (Å²) in [5.74, 6) is -9.51. The minimum atomic E-state index is -2.45. The number of amides is 1. The van der Waals surface area contributed by atoms with Crippen LogP contribution in [-0.2, 0) is 38.2 Å². The molecule has 17 heteroatoms. The molecule has 15 atom stereocenters. The number of ether oxygens (including phenoxy) is 3. The zero-order valence-corrected chi connectivity index (χ0v) is 42.0. The van der Waals surface area contributed by atoms with Crippen LogP contribution in [0.5, 0.6) is 0 Å². The number of aliphatic hydroxyl groups excluding tert-OH is 3. The van der Waals surface area contributed by atoms with Gasteiger partial charge < -0.3 is 39.5 Å². The van der Waals surface area contributed by atoms with Crippen LogP contribution in [0.25, 0.3) is 0 Å². The van der Waals surface area contributed by atoms with Gasteiger partial charge in [0.05, 0.1) is 36.9 Å². The quantitative estimate of drug-likeness (QED) is 0.155. The maximum absolute atomic E-state index is 14.5. The van der Waals surface area contributed by atoms with Gasteiger partial charge in [0, 0.05) is 56.8 Å². The summed E-state index contributed by atoms with van der Waals surface area (Å²) in [5, 5.41) is 55.8. The van der Waals surface area contributed by atoms with Gasteiger partial charge in [0.1, 0.15) is 30.0 Å². The Bertz CT molecular complexity index is 2020. The first-order valence-corrected chi connectivity index (χ1v) is 25.2. The van der Waals surface area contributed by atoms with E-state index in [-0.39, 0.29) is 67.3 Å². The van der Waals surface area contributed by atoms with E-state index in [0.717, 1.165) is 12.0 Å². The van der Waals surface area contributed by atoms with E-state index >= 15 is 0 Å². The monoisotopic (exact) mass is 966 g/mol. The minimum absolute atomic E-state index is 0.0140. The first kappa shape index (κ1) is 55.7. The van der Waals surface area contributed by atoms with Crippen LogP contribution >= 0.6 is 0 Å². The van der Waals surface area contributed by atoms with E-state index in [1.807, 2.05) is 51.2 Å². The number of aromatic nitrogens is 4. The van der Waals surface area contributed by atoms with Crippen LogP contribution in [0.1, 0.15) is 132 Å². The number of carbonyl (C=O) groups excluding carboxylic acids is 5. The van der Waals surface area contributed by atoms with Gasteiger partial charge in [-0.1, -0.05) is 71.1 Å². The average molecular weight is 966 g/mol. The number of aliphatic hydroxyl groups is 4. The van der Waals surface area contributed by atoms with E-state index in [1.54, 1.807) is 51.9 Å². The average Bonchev–Trinajstić information content (AvgIpc) is 3.88. The second-order valence-corrected chi connectivity index (χ2v) is 20.7. The molecule has 1 amide bonds. The molecule has 1 aromatic rings. The van der Waals surface area contributed by atoms with Gasteiger partial charge in [-0.25, -0.2) is 9.48 Å². The number of esters is 1. The largest absolute Gasteiger partial charge is 0.460 e. The molecule has 3 aliphatic heterocycles. The lowest BCUT2D eigenvalue weighted by molar-refractivity contribution is -0.265. The van der Waals surface area contributed by atoms with Gasteiger partial charge in [0.15, 0.2) is 0 Å². The van der Waals surface area contributed by atoms with Crippen molar-refractivity contribution in [3.8, 4) is 0 Å². The van der Waals surface area contributed by atoms with Gasteiger partial charge in [-0.05, 0) is 117 Å². The maximum Gasteiger partial charge on any atom is 0.329 e. The summed E-state index contributed by atoms with van der Waals surface area (Å²) in [5.41, 5.74) is 1.21. The number of tetrazole rings is 1. The molecule has 1 saturated carbocycles. The summed E-state index contributed by atoms with van der Waals surface area (Å²) in [7, 11) is 1.57. The van der Waals surface area contributed by atoms with Gasteiger partial charge in [-0.3, -0.25) is 19.2 Å². The van der Waals surface area contributed by atoms with Gasteiger partial charge in [0.25, 0.3) is 11.7 Å². The fraction of sp³-hybridized carbons (Fsp3) is 0.731. The van der Waals surface area contributed by atoms with Crippen LogP contribution in [-0.4, -0.2) is 138 Å². The molecule has 4 aliphatic rings. The Morgan fingerprint density at radius 2 is 1.67 bits per heavy atom. The summed E-state index contributed by atoms with van der Waals surface area (Å²) >= 11 is 0. The number of cyclic esters (lactones) is 1. The smallest absolute Gasteiger partial charge is 0.329 e. The molecule has 0 radical (unpaired) electrons. The molecule has 0 spiro atoms. The number of ketones is 3. The number of carbonyl (C=O) groups is 5. The lowest BCUT2D eigenvalue weighted by Gasteiger charge is -2.42. The van der Waals surface area contributed by atoms with Gasteiger partial charge in [-0.15, -0.1) is 5.10 Å². The van der Waals surface area contributed by atoms with Crippen molar-refractivity contribution in [3.63, 3.8) is 0 Å². The molecule has 2 bridgehead atoms. The number of allylic oxidation sites excluding steroid dienone is 6. The summed E-state index contributed by atoms with van der Waals surface area (Å²) in [6.45, 7) is 11.9. The van der Waals surface area contributed by atoms with Crippen molar-refractivity contribution in [1.29, 1.82) is 0 Å². The van der Waals surface area contributed by atoms with E-state index < -0.39 is 84.2 Å². The van der Waals surface area contributed by atoms with E-state index in [2.05, 4.69) is 15.5 Å². The highest BCUT2D eigenvalue weighted by atomic mass is 16.6. The van der Waals surface area contributed by atoms with Crippen molar-refractivity contribution < 1.29 is 58.6 Å².